The lowest BCUT2D eigenvalue weighted by molar-refractivity contribution is -0.140. The van der Waals surface area contributed by atoms with Gasteiger partial charge in [0.25, 0.3) is 11.8 Å². The zero-order valence-corrected chi connectivity index (χ0v) is 14.2. The Labute approximate surface area is 153 Å². The fourth-order valence-electron chi connectivity index (χ4n) is 2.26. The molecule has 1 aromatic heterocycles. The van der Waals surface area contributed by atoms with Gasteiger partial charge < -0.3 is 29.6 Å². The van der Waals surface area contributed by atoms with Gasteiger partial charge in [-0.15, -0.1) is 0 Å². The van der Waals surface area contributed by atoms with Gasteiger partial charge in [0.2, 0.25) is 6.79 Å². The van der Waals surface area contributed by atoms with E-state index < -0.39 is 23.8 Å². The van der Waals surface area contributed by atoms with Crippen LogP contribution < -0.4 is 20.1 Å². The Balaban J connectivity index is 1.87. The summed E-state index contributed by atoms with van der Waals surface area (Å²) < 4.78 is 15.5. The van der Waals surface area contributed by atoms with Crippen molar-refractivity contribution in [2.24, 2.45) is 0 Å². The van der Waals surface area contributed by atoms with Crippen LogP contribution in [0.3, 0.4) is 0 Å². The first-order valence-corrected chi connectivity index (χ1v) is 7.94. The molecule has 2 amide bonds. The number of rotatable bonds is 6. The molecule has 3 rings (SSSR count). The molecular formula is C18H16N2O7. The van der Waals surface area contributed by atoms with Crippen LogP contribution in [0.5, 0.6) is 11.5 Å². The van der Waals surface area contributed by atoms with Crippen molar-refractivity contribution in [2.45, 2.75) is 13.0 Å². The van der Waals surface area contributed by atoms with E-state index in [0.717, 1.165) is 0 Å². The third kappa shape index (κ3) is 4.27. The molecule has 3 N–H and O–H groups in total. The Hall–Kier alpha value is -3.75. The smallest absolute Gasteiger partial charge is 0.325 e. The average Bonchev–Trinajstić information content (AvgIpc) is 3.32. The quantitative estimate of drug-likeness (QED) is 0.654. The minimum Gasteiger partial charge on any atom is -0.480 e. The summed E-state index contributed by atoms with van der Waals surface area (Å²) in [6.07, 6.45) is 2.72. The topological polar surface area (TPSA) is 127 Å². The second-order valence-corrected chi connectivity index (χ2v) is 5.64. The van der Waals surface area contributed by atoms with E-state index in [9.17, 15) is 14.4 Å². The molecule has 140 valence electrons. The number of carbonyl (C=O) groups is 3. The number of hydrogen-bond donors (Lipinski definition) is 3. The van der Waals surface area contributed by atoms with E-state index in [1.165, 1.54) is 31.4 Å². The SMILES string of the molecule is CC(NC(=O)/C(=C\c1ccc2c(c1)OCO2)NC(=O)c1ccco1)C(=O)O. The van der Waals surface area contributed by atoms with Crippen molar-refractivity contribution in [2.75, 3.05) is 6.79 Å². The highest BCUT2D eigenvalue weighted by molar-refractivity contribution is 6.05. The van der Waals surface area contributed by atoms with Crippen LogP contribution in [0.1, 0.15) is 23.0 Å². The summed E-state index contributed by atoms with van der Waals surface area (Å²) in [6, 6.07) is 6.79. The molecule has 27 heavy (non-hydrogen) atoms. The predicted molar refractivity (Wildman–Crippen MR) is 92.0 cm³/mol. The molecule has 1 atom stereocenters. The van der Waals surface area contributed by atoms with Gasteiger partial charge in [-0.05, 0) is 42.8 Å². The molecule has 2 heterocycles. The highest BCUT2D eigenvalue weighted by atomic mass is 16.7. The highest BCUT2D eigenvalue weighted by Crippen LogP contribution is 2.33. The lowest BCUT2D eigenvalue weighted by atomic mass is 10.1. The number of aliphatic carboxylic acids is 1. The average molecular weight is 372 g/mol. The number of fused-ring (bicyclic) bond motifs is 1. The van der Waals surface area contributed by atoms with E-state index in [0.29, 0.717) is 17.1 Å². The molecule has 1 aliphatic heterocycles. The first-order valence-electron chi connectivity index (χ1n) is 7.94. The van der Waals surface area contributed by atoms with Crippen molar-refractivity contribution < 1.29 is 33.4 Å². The van der Waals surface area contributed by atoms with Crippen LogP contribution in [0, 0.1) is 0 Å². The van der Waals surface area contributed by atoms with Crippen molar-refractivity contribution in [1.29, 1.82) is 0 Å². The number of hydrogen-bond acceptors (Lipinski definition) is 6. The summed E-state index contributed by atoms with van der Waals surface area (Å²) >= 11 is 0. The molecule has 0 spiro atoms. The second kappa shape index (κ2) is 7.65. The Kier molecular flexibility index (Phi) is 5.11. The van der Waals surface area contributed by atoms with Crippen LogP contribution in [0.15, 0.2) is 46.7 Å². The van der Waals surface area contributed by atoms with E-state index in [-0.39, 0.29) is 18.3 Å². The molecule has 0 saturated heterocycles. The monoisotopic (exact) mass is 372 g/mol. The minimum atomic E-state index is -1.21. The highest BCUT2D eigenvalue weighted by Gasteiger charge is 2.21. The third-order valence-corrected chi connectivity index (χ3v) is 3.66. The zero-order valence-electron chi connectivity index (χ0n) is 14.2. The summed E-state index contributed by atoms with van der Waals surface area (Å²) in [7, 11) is 0. The van der Waals surface area contributed by atoms with Gasteiger partial charge in [0.15, 0.2) is 17.3 Å². The summed E-state index contributed by atoms with van der Waals surface area (Å²) in [4.78, 5) is 35.7. The van der Waals surface area contributed by atoms with Crippen molar-refractivity contribution in [3.63, 3.8) is 0 Å². The van der Waals surface area contributed by atoms with Crippen LogP contribution in [-0.4, -0.2) is 35.7 Å². The molecule has 0 saturated carbocycles. The molecule has 2 aromatic rings. The fourth-order valence-corrected chi connectivity index (χ4v) is 2.26. The molecular weight excluding hydrogens is 356 g/mol. The van der Waals surface area contributed by atoms with Gasteiger partial charge in [-0.2, -0.15) is 0 Å². The van der Waals surface area contributed by atoms with Gasteiger partial charge in [-0.3, -0.25) is 14.4 Å². The van der Waals surface area contributed by atoms with Gasteiger partial charge in [-0.1, -0.05) is 6.07 Å². The predicted octanol–water partition coefficient (Wildman–Crippen LogP) is 1.37. The molecule has 9 heteroatoms. The largest absolute Gasteiger partial charge is 0.480 e. The standard InChI is InChI=1S/C18H16N2O7/c1-10(18(23)24)19-16(21)12(20-17(22)14-3-2-6-25-14)7-11-4-5-13-15(8-11)27-9-26-13/h2-8,10H,9H2,1H3,(H,19,21)(H,20,22)(H,23,24)/b12-7+. The number of furan rings is 1. The first kappa shape index (κ1) is 18.1. The zero-order chi connectivity index (χ0) is 19.4. The number of amides is 2. The lowest BCUT2D eigenvalue weighted by Gasteiger charge is -2.13. The van der Waals surface area contributed by atoms with Crippen LogP contribution in [-0.2, 0) is 9.59 Å². The maximum atomic E-state index is 12.5. The lowest BCUT2D eigenvalue weighted by Crippen LogP contribution is -2.42. The van der Waals surface area contributed by atoms with E-state index in [1.54, 1.807) is 18.2 Å². The number of benzene rings is 1. The molecule has 0 bridgehead atoms. The van der Waals surface area contributed by atoms with Crippen LogP contribution in [0.4, 0.5) is 0 Å². The maximum Gasteiger partial charge on any atom is 0.325 e. The van der Waals surface area contributed by atoms with Crippen LogP contribution in [0.25, 0.3) is 6.08 Å². The van der Waals surface area contributed by atoms with Crippen molar-refractivity contribution in [3.8, 4) is 11.5 Å². The van der Waals surface area contributed by atoms with Crippen molar-refractivity contribution in [1.82, 2.24) is 10.6 Å². The number of carboxylic acid groups (broad SMARTS) is 1. The molecule has 0 radical (unpaired) electrons. The number of nitrogens with one attached hydrogen (secondary N) is 2. The van der Waals surface area contributed by atoms with Gasteiger partial charge in [0.1, 0.15) is 11.7 Å². The second-order valence-electron chi connectivity index (χ2n) is 5.64. The minimum absolute atomic E-state index is 0.00525. The molecule has 1 unspecified atom stereocenters. The van der Waals surface area contributed by atoms with Crippen molar-refractivity contribution >= 4 is 23.9 Å². The van der Waals surface area contributed by atoms with Crippen LogP contribution in [0.2, 0.25) is 0 Å². The normalized spacial score (nSPS) is 13.7. The van der Waals surface area contributed by atoms with Gasteiger partial charge in [-0.25, -0.2) is 0 Å². The summed E-state index contributed by atoms with van der Waals surface area (Å²) in [5, 5.41) is 13.7. The van der Waals surface area contributed by atoms with Crippen molar-refractivity contribution in [3.05, 3.63) is 53.6 Å². The van der Waals surface area contributed by atoms with Gasteiger partial charge in [0, 0.05) is 0 Å². The summed E-state index contributed by atoms with van der Waals surface area (Å²) in [5.41, 5.74) is 0.399. The van der Waals surface area contributed by atoms with Crippen LogP contribution >= 0.6 is 0 Å². The number of carbonyl (C=O) groups excluding carboxylic acids is 2. The van der Waals surface area contributed by atoms with E-state index >= 15 is 0 Å². The van der Waals surface area contributed by atoms with E-state index in [2.05, 4.69) is 10.6 Å². The molecule has 1 aliphatic rings. The van der Waals surface area contributed by atoms with E-state index in [1.807, 2.05) is 0 Å². The van der Waals surface area contributed by atoms with Gasteiger partial charge >= 0.3 is 5.97 Å². The Morgan fingerprint density at radius 2 is 1.96 bits per heavy atom. The summed E-state index contributed by atoms with van der Waals surface area (Å²) in [6.45, 7) is 1.41. The first-order chi connectivity index (χ1) is 12.9. The number of ether oxygens (including phenoxy) is 2. The number of carboxylic acids is 1. The molecule has 1 aromatic carbocycles. The molecule has 9 nitrogen and oxygen atoms in total. The van der Waals surface area contributed by atoms with E-state index in [4.69, 9.17) is 19.0 Å². The summed E-state index contributed by atoms with van der Waals surface area (Å²) in [5.74, 6) is -1.54. The molecule has 0 aliphatic carbocycles. The maximum absolute atomic E-state index is 12.5. The third-order valence-electron chi connectivity index (χ3n) is 3.66. The Morgan fingerprint density at radius 3 is 2.67 bits per heavy atom. The Bertz CT molecular complexity index is 902. The van der Waals surface area contributed by atoms with Gasteiger partial charge in [0.05, 0.1) is 6.26 Å². The molecule has 0 fully saturated rings. The Morgan fingerprint density at radius 1 is 1.19 bits per heavy atom. The fraction of sp³-hybridized carbons (Fsp3) is 0.167.